The molecule has 0 aromatic heterocycles. The number of rotatable bonds is 5. The van der Waals surface area contributed by atoms with Gasteiger partial charge in [-0.25, -0.2) is 0 Å². The second-order valence-corrected chi connectivity index (χ2v) is 6.60. The van der Waals surface area contributed by atoms with Crippen molar-refractivity contribution in [1.29, 1.82) is 0 Å². The van der Waals surface area contributed by atoms with E-state index in [1.54, 1.807) is 0 Å². The standard InChI is InChI=1S/C15H22BFN2O3/c1-15(16,17)8-19-14(22)12(20)10-7-18-13(21)11(10)9-5-3-2-4-6-9/h9-11H,2-8H2,1H3,(H,18,21)(H,19,22)/t10?,11-,15?/m1/s1. The van der Waals surface area contributed by atoms with E-state index >= 15 is 0 Å². The number of Topliss-reactive ketones (excluding diaryl/α,β-unsaturated/α-hetero) is 1. The first-order valence-corrected chi connectivity index (χ1v) is 7.87. The Balaban J connectivity index is 2.00. The van der Waals surface area contributed by atoms with Gasteiger partial charge >= 0.3 is 0 Å². The van der Waals surface area contributed by atoms with Crippen LogP contribution in [0.2, 0.25) is 0 Å². The first-order valence-electron chi connectivity index (χ1n) is 7.87. The normalized spacial score (nSPS) is 28.7. The van der Waals surface area contributed by atoms with E-state index in [0.717, 1.165) is 39.0 Å². The quantitative estimate of drug-likeness (QED) is 0.572. The Kier molecular flexibility index (Phi) is 5.24. The summed E-state index contributed by atoms with van der Waals surface area (Å²) >= 11 is 0. The van der Waals surface area contributed by atoms with E-state index in [4.69, 9.17) is 7.85 Å². The maximum Gasteiger partial charge on any atom is 0.287 e. The monoisotopic (exact) mass is 308 g/mol. The molecule has 0 spiro atoms. The van der Waals surface area contributed by atoms with Crippen molar-refractivity contribution in [3.05, 3.63) is 0 Å². The molecule has 2 rings (SSSR count). The van der Waals surface area contributed by atoms with Gasteiger partial charge in [0.15, 0.2) is 0 Å². The van der Waals surface area contributed by atoms with E-state index < -0.39 is 35.6 Å². The molecule has 1 saturated heterocycles. The molecule has 22 heavy (non-hydrogen) atoms. The Hall–Kier alpha value is -1.40. The first-order chi connectivity index (χ1) is 10.3. The molecule has 2 aliphatic rings. The fourth-order valence-corrected chi connectivity index (χ4v) is 3.44. The summed E-state index contributed by atoms with van der Waals surface area (Å²) in [6.45, 7) is 0.866. The molecule has 2 N–H and O–H groups in total. The third-order valence-corrected chi connectivity index (χ3v) is 4.55. The zero-order valence-electron chi connectivity index (χ0n) is 12.9. The van der Waals surface area contributed by atoms with Gasteiger partial charge in [-0.15, -0.1) is 0 Å². The van der Waals surface area contributed by atoms with Gasteiger partial charge in [0.2, 0.25) is 11.7 Å². The van der Waals surface area contributed by atoms with Crippen molar-refractivity contribution in [2.45, 2.75) is 44.6 Å². The number of amides is 2. The predicted octanol–water partition coefficient (Wildman–Crippen LogP) is 0.468. The molecule has 1 saturated carbocycles. The second-order valence-electron chi connectivity index (χ2n) is 6.60. The Morgan fingerprint density at radius 3 is 2.59 bits per heavy atom. The molecule has 0 bridgehead atoms. The van der Waals surface area contributed by atoms with Crippen LogP contribution in [0.1, 0.15) is 39.0 Å². The van der Waals surface area contributed by atoms with Crippen molar-refractivity contribution in [3.8, 4) is 0 Å². The summed E-state index contributed by atoms with van der Waals surface area (Å²) in [6.07, 6.45) is 5.07. The summed E-state index contributed by atoms with van der Waals surface area (Å²) in [4.78, 5) is 36.2. The van der Waals surface area contributed by atoms with E-state index in [0.29, 0.717) is 0 Å². The second kappa shape index (κ2) is 6.79. The van der Waals surface area contributed by atoms with E-state index in [2.05, 4.69) is 10.6 Å². The number of ketones is 1. The Labute approximate surface area is 131 Å². The molecule has 1 heterocycles. The lowest BCUT2D eigenvalue weighted by atomic mass is 9.74. The number of carbonyl (C=O) groups is 3. The van der Waals surface area contributed by atoms with Crippen LogP contribution in [0, 0.1) is 17.8 Å². The molecule has 0 aromatic carbocycles. The smallest absolute Gasteiger partial charge is 0.287 e. The number of hydrogen-bond donors (Lipinski definition) is 2. The van der Waals surface area contributed by atoms with Crippen LogP contribution < -0.4 is 10.6 Å². The lowest BCUT2D eigenvalue weighted by molar-refractivity contribution is -0.142. The van der Waals surface area contributed by atoms with E-state index in [1.807, 2.05) is 0 Å². The van der Waals surface area contributed by atoms with Crippen molar-refractivity contribution >= 4 is 25.4 Å². The number of carbonyl (C=O) groups excluding carboxylic acids is 3. The number of alkyl halides is 1. The molecule has 5 nitrogen and oxygen atoms in total. The van der Waals surface area contributed by atoms with Crippen LogP contribution in [-0.2, 0) is 14.4 Å². The molecule has 7 heteroatoms. The summed E-state index contributed by atoms with van der Waals surface area (Å²) in [5, 5.41) is 4.90. The molecule has 2 unspecified atom stereocenters. The van der Waals surface area contributed by atoms with Gasteiger partial charge in [0, 0.05) is 13.1 Å². The molecular weight excluding hydrogens is 286 g/mol. The zero-order chi connectivity index (χ0) is 16.3. The van der Waals surface area contributed by atoms with Crippen LogP contribution in [0.25, 0.3) is 0 Å². The van der Waals surface area contributed by atoms with Crippen LogP contribution in [0.3, 0.4) is 0 Å². The molecule has 3 atom stereocenters. The third-order valence-electron chi connectivity index (χ3n) is 4.55. The first kappa shape index (κ1) is 17.0. The maximum absolute atomic E-state index is 13.2. The SMILES string of the molecule is [B]C(C)(F)CNC(=O)C(=O)C1CNC(=O)[C@@H]1C1CCCCC1. The molecule has 2 radical (unpaired) electrons. The topological polar surface area (TPSA) is 75.3 Å². The van der Waals surface area contributed by atoms with Crippen molar-refractivity contribution in [2.24, 2.45) is 17.8 Å². The van der Waals surface area contributed by atoms with Gasteiger partial charge < -0.3 is 10.6 Å². The summed E-state index contributed by atoms with van der Waals surface area (Å²) in [5.74, 6) is -2.60. The van der Waals surface area contributed by atoms with Gasteiger partial charge in [-0.1, -0.05) is 19.3 Å². The zero-order valence-corrected chi connectivity index (χ0v) is 12.9. The van der Waals surface area contributed by atoms with E-state index in [-0.39, 0.29) is 18.4 Å². The molecule has 0 aromatic rings. The lowest BCUT2D eigenvalue weighted by Gasteiger charge is -2.28. The minimum Gasteiger partial charge on any atom is -0.355 e. The fourth-order valence-electron chi connectivity index (χ4n) is 3.44. The van der Waals surface area contributed by atoms with Crippen LogP contribution in [0.5, 0.6) is 0 Å². The number of hydrogen-bond acceptors (Lipinski definition) is 3. The van der Waals surface area contributed by atoms with Gasteiger partial charge in [-0.2, -0.15) is 0 Å². The Morgan fingerprint density at radius 2 is 2.00 bits per heavy atom. The highest BCUT2D eigenvalue weighted by Gasteiger charge is 2.45. The number of nitrogens with one attached hydrogen (secondary N) is 2. The highest BCUT2D eigenvalue weighted by Crippen LogP contribution is 2.36. The maximum atomic E-state index is 13.2. The summed E-state index contributed by atoms with van der Waals surface area (Å²) in [7, 11) is 5.14. The van der Waals surface area contributed by atoms with Crippen molar-refractivity contribution in [3.63, 3.8) is 0 Å². The highest BCUT2D eigenvalue weighted by atomic mass is 19.1. The Bertz CT molecular complexity index is 458. The summed E-state index contributed by atoms with van der Waals surface area (Å²) in [5.41, 5.74) is -2.07. The molecule has 2 fully saturated rings. The van der Waals surface area contributed by atoms with Gasteiger partial charge in [-0.05, 0) is 25.7 Å². The van der Waals surface area contributed by atoms with E-state index in [1.165, 1.54) is 0 Å². The summed E-state index contributed by atoms with van der Waals surface area (Å²) in [6, 6.07) is 0. The van der Waals surface area contributed by atoms with Crippen LogP contribution >= 0.6 is 0 Å². The molecule has 2 amide bonds. The average molecular weight is 308 g/mol. The highest BCUT2D eigenvalue weighted by molar-refractivity contribution is 6.37. The molecule has 1 aliphatic carbocycles. The van der Waals surface area contributed by atoms with Crippen molar-refractivity contribution in [1.82, 2.24) is 10.6 Å². The lowest BCUT2D eigenvalue weighted by Crippen LogP contribution is -2.45. The fraction of sp³-hybridized carbons (Fsp3) is 0.800. The van der Waals surface area contributed by atoms with Gasteiger partial charge in [0.25, 0.3) is 5.91 Å². The van der Waals surface area contributed by atoms with Gasteiger partial charge in [0.05, 0.1) is 17.4 Å². The Morgan fingerprint density at radius 1 is 1.36 bits per heavy atom. The van der Waals surface area contributed by atoms with Gasteiger partial charge in [-0.3, -0.25) is 18.8 Å². The molecule has 120 valence electrons. The van der Waals surface area contributed by atoms with E-state index in [9.17, 15) is 18.8 Å². The minimum atomic E-state index is -2.07. The molecular formula is C15H22BFN2O3. The predicted molar refractivity (Wildman–Crippen MR) is 79.8 cm³/mol. The van der Waals surface area contributed by atoms with Crippen LogP contribution in [0.15, 0.2) is 0 Å². The summed E-state index contributed by atoms with van der Waals surface area (Å²) < 4.78 is 13.2. The van der Waals surface area contributed by atoms with Crippen molar-refractivity contribution in [2.75, 3.05) is 13.1 Å². The number of halogens is 1. The van der Waals surface area contributed by atoms with Crippen LogP contribution in [0.4, 0.5) is 4.39 Å². The molecule has 1 aliphatic heterocycles. The van der Waals surface area contributed by atoms with Gasteiger partial charge in [0.1, 0.15) is 7.85 Å². The third kappa shape index (κ3) is 4.08. The van der Waals surface area contributed by atoms with Crippen LogP contribution in [-0.4, -0.2) is 44.1 Å². The minimum absolute atomic E-state index is 0.146. The largest absolute Gasteiger partial charge is 0.355 e. The van der Waals surface area contributed by atoms with Crippen molar-refractivity contribution < 1.29 is 18.8 Å². The average Bonchev–Trinajstić information content (AvgIpc) is 2.86.